The van der Waals surface area contributed by atoms with Crippen molar-refractivity contribution in [3.63, 3.8) is 0 Å². The van der Waals surface area contributed by atoms with E-state index in [1.807, 2.05) is 13.8 Å². The van der Waals surface area contributed by atoms with E-state index in [9.17, 15) is 18.0 Å². The monoisotopic (exact) mass is 264 g/mol. The summed E-state index contributed by atoms with van der Waals surface area (Å²) in [5, 5.41) is 0. The van der Waals surface area contributed by atoms with Crippen LogP contribution in [0.25, 0.3) is 0 Å². The number of benzene rings is 1. The number of alkyl halides is 3. The summed E-state index contributed by atoms with van der Waals surface area (Å²) in [5.41, 5.74) is 0.289. The second-order valence-corrected chi connectivity index (χ2v) is 3.02. The first-order chi connectivity index (χ1) is 8.33. The fourth-order valence-electron chi connectivity index (χ4n) is 1.08. The molecule has 0 unspecified atom stereocenters. The molecule has 0 aliphatic rings. The average Bonchev–Trinajstić information content (AvgIpc) is 2.32. The van der Waals surface area contributed by atoms with Crippen LogP contribution in [0.1, 0.15) is 29.8 Å². The minimum atomic E-state index is -4.78. The highest BCUT2D eigenvalue weighted by Gasteiger charge is 2.32. The van der Waals surface area contributed by atoms with E-state index in [1.165, 1.54) is 19.1 Å². The van der Waals surface area contributed by atoms with Gasteiger partial charge in [-0.1, -0.05) is 19.9 Å². The van der Waals surface area contributed by atoms with Crippen molar-refractivity contribution in [2.24, 2.45) is 0 Å². The molecule has 0 saturated heterocycles. The third-order valence-corrected chi connectivity index (χ3v) is 1.83. The number of carbonyl (C=O) groups is 1. The van der Waals surface area contributed by atoms with Crippen LogP contribution in [0.3, 0.4) is 0 Å². The molecule has 1 aromatic carbocycles. The summed E-state index contributed by atoms with van der Waals surface area (Å²) in [6, 6.07) is 3.71. The zero-order valence-corrected chi connectivity index (χ0v) is 10.6. The van der Waals surface area contributed by atoms with Crippen molar-refractivity contribution in [2.75, 3.05) is 7.11 Å². The Kier molecular flexibility index (Phi) is 6.22. The molecule has 0 aromatic heterocycles. The molecule has 102 valence electrons. The van der Waals surface area contributed by atoms with Gasteiger partial charge in [0, 0.05) is 0 Å². The van der Waals surface area contributed by atoms with Crippen LogP contribution in [-0.4, -0.2) is 19.4 Å². The SMILES string of the molecule is CC.COC(=O)c1ccc(C)c(OC(F)(F)F)c1. The molecule has 0 bridgehead atoms. The topological polar surface area (TPSA) is 35.5 Å². The summed E-state index contributed by atoms with van der Waals surface area (Å²) >= 11 is 0. The zero-order chi connectivity index (χ0) is 14.3. The second kappa shape index (κ2) is 6.88. The molecule has 0 atom stereocenters. The molecule has 3 nitrogen and oxygen atoms in total. The summed E-state index contributed by atoms with van der Waals surface area (Å²) in [4.78, 5) is 11.1. The molecule has 0 aliphatic heterocycles. The van der Waals surface area contributed by atoms with Gasteiger partial charge in [-0.05, 0) is 24.6 Å². The Morgan fingerprint density at radius 1 is 1.22 bits per heavy atom. The van der Waals surface area contributed by atoms with Gasteiger partial charge in [0.1, 0.15) is 5.75 Å². The lowest BCUT2D eigenvalue weighted by atomic mass is 10.1. The summed E-state index contributed by atoms with van der Waals surface area (Å²) in [6.45, 7) is 5.45. The maximum absolute atomic E-state index is 12.0. The van der Waals surface area contributed by atoms with Gasteiger partial charge in [0.25, 0.3) is 0 Å². The largest absolute Gasteiger partial charge is 0.573 e. The lowest BCUT2D eigenvalue weighted by molar-refractivity contribution is -0.274. The second-order valence-electron chi connectivity index (χ2n) is 3.02. The molecular weight excluding hydrogens is 249 g/mol. The molecule has 0 spiro atoms. The number of ether oxygens (including phenoxy) is 2. The Balaban J connectivity index is 0.00000137. The Morgan fingerprint density at radius 2 is 1.78 bits per heavy atom. The van der Waals surface area contributed by atoms with E-state index in [1.54, 1.807) is 0 Å². The smallest absolute Gasteiger partial charge is 0.465 e. The van der Waals surface area contributed by atoms with Crippen LogP contribution in [0, 0.1) is 6.92 Å². The number of methoxy groups -OCH3 is 1. The summed E-state index contributed by atoms with van der Waals surface area (Å²) in [6.07, 6.45) is -4.78. The van der Waals surface area contributed by atoms with Gasteiger partial charge in [0.2, 0.25) is 0 Å². The van der Waals surface area contributed by atoms with E-state index >= 15 is 0 Å². The van der Waals surface area contributed by atoms with Crippen LogP contribution in [0.15, 0.2) is 18.2 Å². The number of rotatable bonds is 2. The van der Waals surface area contributed by atoms with E-state index < -0.39 is 18.1 Å². The molecule has 0 aliphatic carbocycles. The van der Waals surface area contributed by atoms with E-state index in [4.69, 9.17) is 0 Å². The molecule has 0 amide bonds. The molecule has 6 heteroatoms. The van der Waals surface area contributed by atoms with E-state index in [0.717, 1.165) is 13.2 Å². The summed E-state index contributed by atoms with van der Waals surface area (Å²) in [7, 11) is 1.15. The Labute approximate surface area is 104 Å². The maximum atomic E-state index is 12.0. The molecule has 1 aromatic rings. The molecule has 0 radical (unpaired) electrons. The molecule has 0 heterocycles. The fraction of sp³-hybridized carbons (Fsp3) is 0.417. The quantitative estimate of drug-likeness (QED) is 0.764. The minimum Gasteiger partial charge on any atom is -0.465 e. The van der Waals surface area contributed by atoms with E-state index in [-0.39, 0.29) is 11.1 Å². The van der Waals surface area contributed by atoms with Crippen molar-refractivity contribution in [3.8, 4) is 5.75 Å². The van der Waals surface area contributed by atoms with Crippen LogP contribution in [0.5, 0.6) is 5.75 Å². The molecule has 1 rings (SSSR count). The van der Waals surface area contributed by atoms with Crippen molar-refractivity contribution < 1.29 is 27.4 Å². The van der Waals surface area contributed by atoms with Crippen LogP contribution in [0.4, 0.5) is 13.2 Å². The minimum absolute atomic E-state index is 0.00681. The molecular formula is C12H15F3O3. The fourth-order valence-corrected chi connectivity index (χ4v) is 1.08. The Morgan fingerprint density at radius 3 is 2.22 bits per heavy atom. The van der Waals surface area contributed by atoms with E-state index in [2.05, 4.69) is 9.47 Å². The first-order valence-electron chi connectivity index (χ1n) is 5.28. The molecule has 0 N–H and O–H groups in total. The van der Waals surface area contributed by atoms with E-state index in [0.29, 0.717) is 0 Å². The van der Waals surface area contributed by atoms with Gasteiger partial charge in [-0.2, -0.15) is 0 Å². The normalized spacial score (nSPS) is 10.2. The Hall–Kier alpha value is -1.72. The number of halogens is 3. The number of esters is 1. The highest BCUT2D eigenvalue weighted by Crippen LogP contribution is 2.27. The number of hydrogen-bond donors (Lipinski definition) is 0. The third-order valence-electron chi connectivity index (χ3n) is 1.83. The first-order valence-corrected chi connectivity index (χ1v) is 5.28. The van der Waals surface area contributed by atoms with Gasteiger partial charge in [-0.15, -0.1) is 13.2 Å². The zero-order valence-electron chi connectivity index (χ0n) is 10.6. The van der Waals surface area contributed by atoms with Gasteiger partial charge >= 0.3 is 12.3 Å². The van der Waals surface area contributed by atoms with Gasteiger partial charge < -0.3 is 9.47 Å². The van der Waals surface area contributed by atoms with Gasteiger partial charge in [0.15, 0.2) is 0 Å². The highest BCUT2D eigenvalue weighted by molar-refractivity contribution is 5.89. The van der Waals surface area contributed by atoms with Gasteiger partial charge in [-0.3, -0.25) is 0 Å². The van der Waals surface area contributed by atoms with Crippen LogP contribution < -0.4 is 4.74 Å². The van der Waals surface area contributed by atoms with Gasteiger partial charge in [-0.25, -0.2) is 4.79 Å². The van der Waals surface area contributed by atoms with Gasteiger partial charge in [0.05, 0.1) is 12.7 Å². The van der Waals surface area contributed by atoms with Crippen LogP contribution in [0.2, 0.25) is 0 Å². The first kappa shape index (κ1) is 16.3. The summed E-state index contributed by atoms with van der Waals surface area (Å²) < 4.78 is 44.1. The molecule has 0 saturated carbocycles. The molecule has 18 heavy (non-hydrogen) atoms. The van der Waals surface area contributed by atoms with Crippen molar-refractivity contribution in [1.82, 2.24) is 0 Å². The maximum Gasteiger partial charge on any atom is 0.573 e. The number of hydrogen-bond acceptors (Lipinski definition) is 3. The van der Waals surface area contributed by atoms with Crippen molar-refractivity contribution in [2.45, 2.75) is 27.1 Å². The average molecular weight is 264 g/mol. The lowest BCUT2D eigenvalue weighted by Crippen LogP contribution is -2.18. The Bertz CT molecular complexity index is 400. The highest BCUT2D eigenvalue weighted by atomic mass is 19.4. The molecule has 0 fully saturated rings. The van der Waals surface area contributed by atoms with Crippen molar-refractivity contribution in [1.29, 1.82) is 0 Å². The van der Waals surface area contributed by atoms with Crippen LogP contribution in [-0.2, 0) is 4.74 Å². The standard InChI is InChI=1S/C10H9F3O3.C2H6/c1-6-3-4-7(9(14)15-2)5-8(6)16-10(11,12)13;1-2/h3-5H,1-2H3;1-2H3. The predicted molar refractivity (Wildman–Crippen MR) is 60.5 cm³/mol. The van der Waals surface area contributed by atoms with Crippen molar-refractivity contribution in [3.05, 3.63) is 29.3 Å². The number of carbonyl (C=O) groups excluding carboxylic acids is 1. The van der Waals surface area contributed by atoms with Crippen molar-refractivity contribution >= 4 is 5.97 Å². The summed E-state index contributed by atoms with van der Waals surface area (Å²) in [5.74, 6) is -1.12. The van der Waals surface area contributed by atoms with Crippen LogP contribution >= 0.6 is 0 Å². The third kappa shape index (κ3) is 5.07. The number of aryl methyl sites for hydroxylation is 1. The predicted octanol–water partition coefficient (Wildman–Crippen LogP) is 3.71. The lowest BCUT2D eigenvalue weighted by Gasteiger charge is -2.12.